The SMILES string of the molecule is CC1(C)CCC(Oc2cc(C(F)(F)F)nc(Cl)n2)CC1. The first-order valence-corrected chi connectivity index (χ1v) is 6.82. The molecule has 1 fully saturated rings. The molecule has 20 heavy (non-hydrogen) atoms. The molecule has 0 bridgehead atoms. The minimum absolute atomic E-state index is 0.109. The lowest BCUT2D eigenvalue weighted by Gasteiger charge is -2.34. The second-order valence-corrected chi connectivity index (χ2v) is 6.18. The van der Waals surface area contributed by atoms with Gasteiger partial charge in [-0.15, -0.1) is 0 Å². The molecule has 1 aromatic rings. The standard InChI is InChI=1S/C13H16ClF3N2O/c1-12(2)5-3-8(4-6-12)20-10-7-9(13(15,16)17)18-11(14)19-10/h7-8H,3-6H2,1-2H3. The maximum Gasteiger partial charge on any atom is 0.433 e. The van der Waals surface area contributed by atoms with Crippen LogP contribution in [0.5, 0.6) is 5.88 Å². The summed E-state index contributed by atoms with van der Waals surface area (Å²) < 4.78 is 43.4. The summed E-state index contributed by atoms with van der Waals surface area (Å²) in [5.74, 6) is -0.109. The van der Waals surface area contributed by atoms with Crippen molar-refractivity contribution in [3.05, 3.63) is 17.0 Å². The molecule has 1 aliphatic carbocycles. The summed E-state index contributed by atoms with van der Waals surface area (Å²) in [5.41, 5.74) is -0.816. The molecule has 0 N–H and O–H groups in total. The van der Waals surface area contributed by atoms with Crippen molar-refractivity contribution in [2.45, 2.75) is 51.8 Å². The average Bonchev–Trinajstić information content (AvgIpc) is 2.30. The lowest BCUT2D eigenvalue weighted by atomic mass is 9.76. The number of hydrogen-bond acceptors (Lipinski definition) is 3. The molecule has 2 rings (SSSR count). The lowest BCUT2D eigenvalue weighted by molar-refractivity contribution is -0.141. The lowest BCUT2D eigenvalue weighted by Crippen LogP contribution is -2.28. The zero-order valence-corrected chi connectivity index (χ0v) is 12.1. The number of halogens is 4. The van der Waals surface area contributed by atoms with Gasteiger partial charge in [-0.25, -0.2) is 4.98 Å². The summed E-state index contributed by atoms with van der Waals surface area (Å²) in [7, 11) is 0. The predicted molar refractivity (Wildman–Crippen MR) is 68.7 cm³/mol. The fraction of sp³-hybridized carbons (Fsp3) is 0.692. The van der Waals surface area contributed by atoms with Gasteiger partial charge in [-0.05, 0) is 42.7 Å². The Morgan fingerprint density at radius 2 is 1.85 bits per heavy atom. The van der Waals surface area contributed by atoms with Crippen LogP contribution >= 0.6 is 11.6 Å². The molecule has 1 aromatic heterocycles. The molecular formula is C13H16ClF3N2O. The molecule has 0 aliphatic heterocycles. The Kier molecular flexibility index (Phi) is 4.14. The van der Waals surface area contributed by atoms with Crippen LogP contribution in [0.25, 0.3) is 0 Å². The van der Waals surface area contributed by atoms with Crippen LogP contribution in [0.4, 0.5) is 13.2 Å². The Morgan fingerprint density at radius 3 is 2.40 bits per heavy atom. The first kappa shape index (κ1) is 15.4. The fourth-order valence-corrected chi connectivity index (χ4v) is 2.44. The topological polar surface area (TPSA) is 35.0 Å². The van der Waals surface area contributed by atoms with E-state index in [4.69, 9.17) is 16.3 Å². The largest absolute Gasteiger partial charge is 0.474 e. The molecule has 0 saturated heterocycles. The normalized spacial score (nSPS) is 19.9. The molecule has 3 nitrogen and oxygen atoms in total. The third kappa shape index (κ3) is 3.98. The van der Waals surface area contributed by atoms with Gasteiger partial charge in [-0.2, -0.15) is 18.2 Å². The molecule has 0 unspecified atom stereocenters. The van der Waals surface area contributed by atoms with Crippen molar-refractivity contribution >= 4 is 11.6 Å². The highest BCUT2D eigenvalue weighted by molar-refractivity contribution is 6.28. The number of hydrogen-bond donors (Lipinski definition) is 0. The van der Waals surface area contributed by atoms with Crippen LogP contribution in [0.15, 0.2) is 6.07 Å². The van der Waals surface area contributed by atoms with Gasteiger partial charge in [-0.3, -0.25) is 0 Å². The highest BCUT2D eigenvalue weighted by atomic mass is 35.5. The van der Waals surface area contributed by atoms with Crippen molar-refractivity contribution < 1.29 is 17.9 Å². The summed E-state index contributed by atoms with van der Waals surface area (Å²) in [5, 5.41) is -0.453. The number of alkyl halides is 3. The molecule has 1 aliphatic rings. The van der Waals surface area contributed by atoms with Gasteiger partial charge in [0.1, 0.15) is 6.10 Å². The van der Waals surface area contributed by atoms with E-state index in [1.54, 1.807) is 0 Å². The van der Waals surface area contributed by atoms with E-state index in [1.807, 2.05) is 0 Å². The first-order chi connectivity index (χ1) is 9.16. The van der Waals surface area contributed by atoms with E-state index in [0.717, 1.165) is 31.7 Å². The van der Waals surface area contributed by atoms with Crippen LogP contribution in [-0.4, -0.2) is 16.1 Å². The first-order valence-electron chi connectivity index (χ1n) is 6.44. The van der Waals surface area contributed by atoms with Crippen LogP contribution in [-0.2, 0) is 6.18 Å². The zero-order valence-electron chi connectivity index (χ0n) is 11.3. The molecule has 112 valence electrons. The summed E-state index contributed by atoms with van der Waals surface area (Å²) in [6.45, 7) is 4.35. The Labute approximate surface area is 120 Å². The van der Waals surface area contributed by atoms with Crippen molar-refractivity contribution in [1.29, 1.82) is 0 Å². The number of nitrogens with zero attached hydrogens (tertiary/aromatic N) is 2. The summed E-state index contributed by atoms with van der Waals surface area (Å²) in [6.07, 6.45) is -1.12. The molecule has 7 heteroatoms. The average molecular weight is 309 g/mol. The van der Waals surface area contributed by atoms with Crippen LogP contribution in [0.1, 0.15) is 45.2 Å². The van der Waals surface area contributed by atoms with Gasteiger partial charge in [0, 0.05) is 6.07 Å². The van der Waals surface area contributed by atoms with Gasteiger partial charge in [0.2, 0.25) is 11.2 Å². The molecule has 1 heterocycles. The molecular weight excluding hydrogens is 293 g/mol. The summed E-state index contributed by atoms with van der Waals surface area (Å²) in [4.78, 5) is 6.88. The van der Waals surface area contributed by atoms with Crippen molar-refractivity contribution in [3.8, 4) is 5.88 Å². The summed E-state index contributed by atoms with van der Waals surface area (Å²) >= 11 is 5.52. The van der Waals surface area contributed by atoms with Gasteiger partial charge in [-0.1, -0.05) is 13.8 Å². The highest BCUT2D eigenvalue weighted by Crippen LogP contribution is 2.37. The minimum atomic E-state index is -4.56. The molecule has 0 radical (unpaired) electrons. The Balaban J connectivity index is 2.09. The third-order valence-corrected chi connectivity index (χ3v) is 3.71. The van der Waals surface area contributed by atoms with Crippen molar-refractivity contribution in [2.75, 3.05) is 0 Å². The van der Waals surface area contributed by atoms with Gasteiger partial charge < -0.3 is 4.74 Å². The number of aromatic nitrogens is 2. The van der Waals surface area contributed by atoms with E-state index < -0.39 is 17.2 Å². The third-order valence-electron chi connectivity index (χ3n) is 3.54. The second-order valence-electron chi connectivity index (χ2n) is 5.84. The van der Waals surface area contributed by atoms with Crippen LogP contribution in [0, 0.1) is 5.41 Å². The molecule has 0 amide bonds. The zero-order chi connectivity index (χ0) is 15.0. The highest BCUT2D eigenvalue weighted by Gasteiger charge is 2.34. The van der Waals surface area contributed by atoms with Crippen LogP contribution in [0.3, 0.4) is 0 Å². The van der Waals surface area contributed by atoms with E-state index in [1.165, 1.54) is 0 Å². The monoisotopic (exact) mass is 308 g/mol. The van der Waals surface area contributed by atoms with Crippen LogP contribution < -0.4 is 4.74 Å². The molecule has 1 saturated carbocycles. The van der Waals surface area contributed by atoms with Gasteiger partial charge in [0.15, 0.2) is 5.69 Å². The van der Waals surface area contributed by atoms with E-state index in [0.29, 0.717) is 0 Å². The quantitative estimate of drug-likeness (QED) is 0.755. The van der Waals surface area contributed by atoms with E-state index in [2.05, 4.69) is 23.8 Å². The van der Waals surface area contributed by atoms with Gasteiger partial charge >= 0.3 is 6.18 Å². The van der Waals surface area contributed by atoms with E-state index in [9.17, 15) is 13.2 Å². The number of ether oxygens (including phenoxy) is 1. The molecule has 0 atom stereocenters. The molecule has 0 aromatic carbocycles. The molecule has 0 spiro atoms. The summed E-state index contributed by atoms with van der Waals surface area (Å²) in [6, 6.07) is 0.797. The smallest absolute Gasteiger partial charge is 0.433 e. The van der Waals surface area contributed by atoms with Crippen molar-refractivity contribution in [1.82, 2.24) is 9.97 Å². The van der Waals surface area contributed by atoms with Gasteiger partial charge in [0.25, 0.3) is 0 Å². The Hall–Kier alpha value is -1.04. The maximum absolute atomic E-state index is 12.6. The second kappa shape index (κ2) is 5.39. The van der Waals surface area contributed by atoms with E-state index >= 15 is 0 Å². The predicted octanol–water partition coefficient (Wildman–Crippen LogP) is 4.50. The van der Waals surface area contributed by atoms with E-state index in [-0.39, 0.29) is 17.4 Å². The minimum Gasteiger partial charge on any atom is -0.474 e. The van der Waals surface area contributed by atoms with Crippen molar-refractivity contribution in [3.63, 3.8) is 0 Å². The van der Waals surface area contributed by atoms with Gasteiger partial charge in [0.05, 0.1) is 0 Å². The fourth-order valence-electron chi connectivity index (χ4n) is 2.26. The van der Waals surface area contributed by atoms with Crippen molar-refractivity contribution in [2.24, 2.45) is 5.41 Å². The van der Waals surface area contributed by atoms with Crippen LogP contribution in [0.2, 0.25) is 5.28 Å². The maximum atomic E-state index is 12.6. The Bertz CT molecular complexity index is 481. The number of rotatable bonds is 2. The Morgan fingerprint density at radius 1 is 1.25 bits per heavy atom.